The van der Waals surface area contributed by atoms with Crippen molar-refractivity contribution in [1.29, 1.82) is 0 Å². The summed E-state index contributed by atoms with van der Waals surface area (Å²) in [7, 11) is 0. The van der Waals surface area contributed by atoms with Crippen molar-refractivity contribution in [3.05, 3.63) is 47.5 Å². The van der Waals surface area contributed by atoms with Gasteiger partial charge in [0.1, 0.15) is 0 Å². The highest BCUT2D eigenvalue weighted by Gasteiger charge is 2.41. The number of benzene rings is 1. The molecule has 1 rings (SSSR count). The first kappa shape index (κ1) is 25.1. The van der Waals surface area contributed by atoms with E-state index in [2.05, 4.69) is 6.58 Å². The van der Waals surface area contributed by atoms with Crippen molar-refractivity contribution in [3.63, 3.8) is 0 Å². The Labute approximate surface area is 176 Å². The average molecular weight is 416 g/mol. The Morgan fingerprint density at radius 3 is 2.17 bits per heavy atom. The lowest BCUT2D eigenvalue weighted by Gasteiger charge is -2.37. The Bertz CT molecular complexity index is 794. The molecule has 0 saturated carbocycles. The van der Waals surface area contributed by atoms with Gasteiger partial charge in [0.2, 0.25) is 5.78 Å². The summed E-state index contributed by atoms with van der Waals surface area (Å²) in [6, 6.07) is 5.82. The van der Waals surface area contributed by atoms with Crippen LogP contribution in [0.1, 0.15) is 57.1 Å². The Morgan fingerprint density at radius 1 is 1.10 bits per heavy atom. The molecule has 0 fully saturated rings. The summed E-state index contributed by atoms with van der Waals surface area (Å²) < 4.78 is 5.08. The average Bonchev–Trinajstić information content (AvgIpc) is 2.71. The number of aliphatic carboxylic acids is 2. The smallest absolute Gasteiger partial charge is 0.374 e. The zero-order chi connectivity index (χ0) is 22.9. The normalized spacial score (nSPS) is 13.7. The topological polar surface area (TPSA) is 124 Å². The SMILES string of the molecule is C=C(C(=O)[O-])C(CC(=O)C(=O)OCC(CC)CCCC)(C(=O)[O-])c1ccc(C)cc1. The number of hydrogen-bond donors (Lipinski definition) is 0. The van der Waals surface area contributed by atoms with Crippen LogP contribution in [-0.2, 0) is 29.3 Å². The quantitative estimate of drug-likeness (QED) is 0.267. The Hall–Kier alpha value is -2.96. The van der Waals surface area contributed by atoms with E-state index in [1.807, 2.05) is 13.8 Å². The summed E-state index contributed by atoms with van der Waals surface area (Å²) in [5.41, 5.74) is -2.58. The highest BCUT2D eigenvalue weighted by molar-refractivity contribution is 6.34. The number of unbranched alkanes of at least 4 members (excludes halogenated alkanes) is 1. The molecule has 0 amide bonds. The monoisotopic (exact) mass is 416 g/mol. The minimum absolute atomic E-state index is 0.0331. The molecule has 1 aromatic rings. The largest absolute Gasteiger partial charge is 0.549 e. The number of Topliss-reactive ketones (excluding diaryl/α,β-unsaturated/α-hetero) is 1. The molecule has 0 aliphatic rings. The van der Waals surface area contributed by atoms with E-state index in [0.29, 0.717) is 0 Å². The van der Waals surface area contributed by atoms with Crippen molar-refractivity contribution < 1.29 is 34.1 Å². The van der Waals surface area contributed by atoms with E-state index in [-0.39, 0.29) is 18.1 Å². The molecule has 7 nitrogen and oxygen atoms in total. The molecule has 2 unspecified atom stereocenters. The molecule has 0 saturated heterocycles. The maximum Gasteiger partial charge on any atom is 0.374 e. The summed E-state index contributed by atoms with van der Waals surface area (Å²) in [6.45, 7) is 9.06. The van der Waals surface area contributed by atoms with Gasteiger partial charge in [-0.3, -0.25) is 4.79 Å². The van der Waals surface area contributed by atoms with Crippen LogP contribution in [0, 0.1) is 12.8 Å². The van der Waals surface area contributed by atoms with Crippen molar-refractivity contribution in [2.24, 2.45) is 5.92 Å². The zero-order valence-electron chi connectivity index (χ0n) is 17.7. The zero-order valence-corrected chi connectivity index (χ0v) is 17.7. The minimum Gasteiger partial charge on any atom is -0.549 e. The van der Waals surface area contributed by atoms with Crippen molar-refractivity contribution in [1.82, 2.24) is 0 Å². The Balaban J connectivity index is 3.14. The summed E-state index contributed by atoms with van der Waals surface area (Å²) >= 11 is 0. The lowest BCUT2D eigenvalue weighted by molar-refractivity contribution is -0.317. The number of aryl methyl sites for hydroxylation is 1. The van der Waals surface area contributed by atoms with Crippen molar-refractivity contribution in [2.75, 3.05) is 6.61 Å². The van der Waals surface area contributed by atoms with Gasteiger partial charge < -0.3 is 24.5 Å². The Kier molecular flexibility index (Phi) is 9.43. The van der Waals surface area contributed by atoms with Crippen LogP contribution in [-0.4, -0.2) is 30.3 Å². The first-order valence-electron chi connectivity index (χ1n) is 9.99. The number of hydrogen-bond acceptors (Lipinski definition) is 7. The van der Waals surface area contributed by atoms with Crippen LogP contribution in [0.5, 0.6) is 0 Å². The molecule has 0 aliphatic carbocycles. The molecular formula is C23H28O7-2. The number of carboxylic acid groups (broad SMARTS) is 2. The molecule has 0 heterocycles. The first-order chi connectivity index (χ1) is 14.1. The molecule has 0 N–H and O–H groups in total. The van der Waals surface area contributed by atoms with Gasteiger partial charge in [0.15, 0.2) is 0 Å². The van der Waals surface area contributed by atoms with Crippen molar-refractivity contribution in [3.8, 4) is 0 Å². The maximum absolute atomic E-state index is 12.5. The lowest BCUT2D eigenvalue weighted by atomic mass is 9.71. The van der Waals surface area contributed by atoms with Gasteiger partial charge in [0.25, 0.3) is 0 Å². The molecule has 30 heavy (non-hydrogen) atoms. The second-order valence-corrected chi connectivity index (χ2v) is 7.44. The van der Waals surface area contributed by atoms with Crippen LogP contribution >= 0.6 is 0 Å². The van der Waals surface area contributed by atoms with Gasteiger partial charge in [-0.2, -0.15) is 0 Å². The summed E-state index contributed by atoms with van der Waals surface area (Å²) in [6.07, 6.45) is 2.55. The van der Waals surface area contributed by atoms with Gasteiger partial charge in [0.05, 0.1) is 24.0 Å². The number of carbonyl (C=O) groups excluding carboxylic acids is 4. The maximum atomic E-state index is 12.5. The van der Waals surface area contributed by atoms with Gasteiger partial charge in [-0.1, -0.05) is 69.5 Å². The molecule has 0 spiro atoms. The third-order valence-corrected chi connectivity index (χ3v) is 5.30. The van der Waals surface area contributed by atoms with E-state index in [1.165, 1.54) is 12.1 Å². The molecule has 0 bridgehead atoms. The molecule has 7 heteroatoms. The number of ether oxygens (including phenoxy) is 1. The van der Waals surface area contributed by atoms with Gasteiger partial charge in [-0.15, -0.1) is 0 Å². The van der Waals surface area contributed by atoms with E-state index in [1.54, 1.807) is 19.1 Å². The molecule has 0 aromatic heterocycles. The second-order valence-electron chi connectivity index (χ2n) is 7.44. The van der Waals surface area contributed by atoms with Gasteiger partial charge in [-0.25, -0.2) is 4.79 Å². The van der Waals surface area contributed by atoms with Crippen LogP contribution in [0.15, 0.2) is 36.4 Å². The summed E-state index contributed by atoms with van der Waals surface area (Å²) in [4.78, 5) is 48.3. The molecular weight excluding hydrogens is 388 g/mol. The van der Waals surface area contributed by atoms with E-state index in [9.17, 15) is 29.4 Å². The number of ketones is 1. The molecule has 0 radical (unpaired) electrons. The Morgan fingerprint density at radius 2 is 1.70 bits per heavy atom. The van der Waals surface area contributed by atoms with Crippen LogP contribution < -0.4 is 10.2 Å². The molecule has 2 atom stereocenters. The molecule has 164 valence electrons. The van der Waals surface area contributed by atoms with Crippen molar-refractivity contribution in [2.45, 2.75) is 58.3 Å². The number of esters is 1. The van der Waals surface area contributed by atoms with E-state index < -0.39 is 41.1 Å². The predicted octanol–water partition coefficient (Wildman–Crippen LogP) is 1.01. The fourth-order valence-corrected chi connectivity index (χ4v) is 3.19. The summed E-state index contributed by atoms with van der Waals surface area (Å²) in [5, 5.41) is 23.5. The van der Waals surface area contributed by atoms with Crippen LogP contribution in [0.25, 0.3) is 0 Å². The standard InChI is InChI=1S/C23H30O7/c1-5-7-8-17(6-2)14-30-21(27)19(24)13-23(22(28)29,16(4)20(25)26)18-11-9-15(3)10-12-18/h9-12,17H,4-8,13-14H2,1-3H3,(H,25,26)(H,28,29)/p-2. The summed E-state index contributed by atoms with van der Waals surface area (Å²) in [5.74, 6) is -6.02. The van der Waals surface area contributed by atoms with E-state index >= 15 is 0 Å². The number of carbonyl (C=O) groups is 4. The fourth-order valence-electron chi connectivity index (χ4n) is 3.19. The van der Waals surface area contributed by atoms with Gasteiger partial charge in [-0.05, 0) is 30.4 Å². The highest BCUT2D eigenvalue weighted by atomic mass is 16.5. The minimum atomic E-state index is -2.45. The number of carboxylic acids is 2. The fraction of sp³-hybridized carbons (Fsp3) is 0.478. The number of rotatable bonds is 13. The van der Waals surface area contributed by atoms with Gasteiger partial charge >= 0.3 is 5.97 Å². The van der Waals surface area contributed by atoms with E-state index in [4.69, 9.17) is 4.74 Å². The molecule has 1 aromatic carbocycles. The van der Waals surface area contributed by atoms with E-state index in [0.717, 1.165) is 31.2 Å². The molecule has 0 aliphatic heterocycles. The predicted molar refractivity (Wildman–Crippen MR) is 106 cm³/mol. The third-order valence-electron chi connectivity index (χ3n) is 5.30. The first-order valence-corrected chi connectivity index (χ1v) is 9.99. The third kappa shape index (κ3) is 6.02. The van der Waals surface area contributed by atoms with Crippen LogP contribution in [0.2, 0.25) is 0 Å². The van der Waals surface area contributed by atoms with Crippen molar-refractivity contribution >= 4 is 23.7 Å². The highest BCUT2D eigenvalue weighted by Crippen LogP contribution is 2.35. The van der Waals surface area contributed by atoms with Crippen LogP contribution in [0.4, 0.5) is 0 Å². The van der Waals surface area contributed by atoms with Crippen LogP contribution in [0.3, 0.4) is 0 Å². The second kappa shape index (κ2) is 11.3. The van der Waals surface area contributed by atoms with Gasteiger partial charge in [0, 0.05) is 6.42 Å². The lowest BCUT2D eigenvalue weighted by Crippen LogP contribution is -2.52.